The van der Waals surface area contributed by atoms with E-state index in [4.69, 9.17) is 11.6 Å². The van der Waals surface area contributed by atoms with Crippen LogP contribution < -0.4 is 0 Å². The Balaban J connectivity index is 2.41. The number of thioether (sulfide) groups is 1. The minimum absolute atomic E-state index is 0.0552. The highest BCUT2D eigenvalue weighted by atomic mass is 35.5. The Morgan fingerprint density at radius 2 is 1.81 bits per heavy atom. The quantitative estimate of drug-likeness (QED) is 0.733. The molecular weight excluding hydrogens is 257 g/mol. The van der Waals surface area contributed by atoms with Crippen molar-refractivity contribution < 1.29 is 13.2 Å². The molecule has 90 valence electrons. The molecule has 1 unspecified atom stereocenters. The summed E-state index contributed by atoms with van der Waals surface area (Å²) in [6, 6.07) is 7.18. The Morgan fingerprint density at radius 1 is 1.25 bits per heavy atom. The van der Waals surface area contributed by atoms with E-state index < -0.39 is 12.6 Å². The molecule has 1 aromatic rings. The molecule has 0 N–H and O–H groups in total. The second-order valence-corrected chi connectivity index (χ2v) is 5.31. The molecule has 0 bridgehead atoms. The highest BCUT2D eigenvalue weighted by Gasteiger charge is 2.26. The van der Waals surface area contributed by atoms with E-state index in [2.05, 4.69) is 0 Å². The number of alkyl halides is 3. The summed E-state index contributed by atoms with van der Waals surface area (Å²) >= 11 is 7.02. The van der Waals surface area contributed by atoms with Gasteiger partial charge in [-0.2, -0.15) is 24.9 Å². The summed E-state index contributed by atoms with van der Waals surface area (Å²) in [6.07, 6.45) is -4.80. The van der Waals surface area contributed by atoms with Crippen molar-refractivity contribution in [2.24, 2.45) is 0 Å². The lowest BCUT2D eigenvalue weighted by molar-refractivity contribution is -0.129. The van der Waals surface area contributed by atoms with Gasteiger partial charge in [-0.1, -0.05) is 23.7 Å². The van der Waals surface area contributed by atoms with Crippen LogP contribution in [0.2, 0.25) is 5.02 Å². The van der Waals surface area contributed by atoms with Crippen LogP contribution in [-0.4, -0.2) is 11.9 Å². The first kappa shape index (κ1) is 13.7. The number of halogens is 4. The lowest BCUT2D eigenvalue weighted by Crippen LogP contribution is -2.08. The average Bonchev–Trinajstić information content (AvgIpc) is 2.16. The van der Waals surface area contributed by atoms with E-state index in [0.29, 0.717) is 5.02 Å². The smallest absolute Gasteiger partial charge is 0.171 e. The minimum Gasteiger partial charge on any atom is -0.171 e. The monoisotopic (exact) mass is 268 g/mol. The van der Waals surface area contributed by atoms with Gasteiger partial charge in [0.2, 0.25) is 0 Å². The van der Waals surface area contributed by atoms with Gasteiger partial charge in [0.05, 0.1) is 6.42 Å². The number of hydrogen-bond acceptors (Lipinski definition) is 1. The van der Waals surface area contributed by atoms with Crippen molar-refractivity contribution in [2.45, 2.75) is 24.8 Å². The van der Waals surface area contributed by atoms with Gasteiger partial charge in [0.1, 0.15) is 0 Å². The molecule has 0 radical (unpaired) electrons. The number of hydrogen-bond donors (Lipinski definition) is 0. The van der Waals surface area contributed by atoms with Crippen molar-refractivity contribution in [3.63, 3.8) is 0 Å². The average molecular weight is 269 g/mol. The first-order valence-corrected chi connectivity index (χ1v) is 6.25. The van der Waals surface area contributed by atoms with Gasteiger partial charge in [-0.25, -0.2) is 0 Å². The van der Waals surface area contributed by atoms with Crippen LogP contribution in [0.15, 0.2) is 24.3 Å². The van der Waals surface area contributed by atoms with Crippen LogP contribution in [0, 0.1) is 0 Å². The van der Waals surface area contributed by atoms with Crippen molar-refractivity contribution in [3.8, 4) is 0 Å². The first-order valence-electron chi connectivity index (χ1n) is 4.82. The SMILES string of the molecule is CC(SCCC(F)(F)F)c1ccc(Cl)cc1. The van der Waals surface area contributed by atoms with Gasteiger partial charge in [0.25, 0.3) is 0 Å². The molecule has 0 saturated heterocycles. The summed E-state index contributed by atoms with van der Waals surface area (Å²) in [4.78, 5) is 0. The normalized spacial score (nSPS) is 13.8. The number of benzene rings is 1. The molecule has 0 nitrogen and oxygen atoms in total. The molecule has 0 amide bonds. The van der Waals surface area contributed by atoms with Gasteiger partial charge in [0, 0.05) is 16.0 Å². The molecule has 0 fully saturated rings. The third-order valence-electron chi connectivity index (χ3n) is 2.09. The topological polar surface area (TPSA) is 0 Å². The van der Waals surface area contributed by atoms with Gasteiger partial charge in [-0.05, 0) is 24.6 Å². The molecule has 0 aliphatic rings. The van der Waals surface area contributed by atoms with E-state index in [9.17, 15) is 13.2 Å². The molecule has 0 spiro atoms. The Kier molecular flexibility index (Phi) is 4.99. The highest BCUT2D eigenvalue weighted by molar-refractivity contribution is 7.99. The predicted molar refractivity (Wildman–Crippen MR) is 63.0 cm³/mol. The van der Waals surface area contributed by atoms with Crippen molar-refractivity contribution in [1.29, 1.82) is 0 Å². The van der Waals surface area contributed by atoms with Crippen LogP contribution in [0.1, 0.15) is 24.2 Å². The molecule has 0 aliphatic carbocycles. The first-order chi connectivity index (χ1) is 7.38. The van der Waals surface area contributed by atoms with E-state index >= 15 is 0 Å². The highest BCUT2D eigenvalue weighted by Crippen LogP contribution is 2.32. The Labute approximate surface area is 102 Å². The molecular formula is C11H12ClF3S. The Morgan fingerprint density at radius 3 is 2.31 bits per heavy atom. The van der Waals surface area contributed by atoms with Gasteiger partial charge in [-0.15, -0.1) is 0 Å². The minimum atomic E-state index is -4.06. The zero-order chi connectivity index (χ0) is 12.2. The van der Waals surface area contributed by atoms with Crippen LogP contribution in [0.4, 0.5) is 13.2 Å². The van der Waals surface area contributed by atoms with E-state index in [-0.39, 0.29) is 11.0 Å². The van der Waals surface area contributed by atoms with Crippen LogP contribution >= 0.6 is 23.4 Å². The fourth-order valence-corrected chi connectivity index (χ4v) is 2.36. The predicted octanol–water partition coefficient (Wildman–Crippen LogP) is 5.09. The maximum atomic E-state index is 11.9. The van der Waals surface area contributed by atoms with Crippen molar-refractivity contribution in [3.05, 3.63) is 34.9 Å². The van der Waals surface area contributed by atoms with Crippen LogP contribution in [0.5, 0.6) is 0 Å². The summed E-state index contributed by atoms with van der Waals surface area (Å²) in [5.41, 5.74) is 0.997. The van der Waals surface area contributed by atoms with Gasteiger partial charge in [-0.3, -0.25) is 0 Å². The Hall–Kier alpha value is -0.350. The lowest BCUT2D eigenvalue weighted by Gasteiger charge is -2.12. The third-order valence-corrected chi connectivity index (χ3v) is 3.56. The van der Waals surface area contributed by atoms with Crippen molar-refractivity contribution in [1.82, 2.24) is 0 Å². The van der Waals surface area contributed by atoms with Crippen LogP contribution in [0.25, 0.3) is 0 Å². The summed E-state index contributed by atoms with van der Waals surface area (Å²) in [7, 11) is 0. The number of rotatable bonds is 4. The molecule has 0 aromatic heterocycles. The zero-order valence-corrected chi connectivity index (χ0v) is 10.3. The second-order valence-electron chi connectivity index (χ2n) is 3.43. The maximum Gasteiger partial charge on any atom is 0.389 e. The second kappa shape index (κ2) is 5.82. The summed E-state index contributed by atoms with van der Waals surface area (Å²) < 4.78 is 35.8. The van der Waals surface area contributed by atoms with Gasteiger partial charge >= 0.3 is 6.18 Å². The van der Waals surface area contributed by atoms with Gasteiger partial charge in [0.15, 0.2) is 0 Å². The van der Waals surface area contributed by atoms with E-state index in [1.54, 1.807) is 12.1 Å². The lowest BCUT2D eigenvalue weighted by atomic mass is 10.2. The van der Waals surface area contributed by atoms with E-state index in [1.165, 1.54) is 11.8 Å². The summed E-state index contributed by atoms with van der Waals surface area (Å²) in [6.45, 7) is 1.89. The molecule has 16 heavy (non-hydrogen) atoms. The van der Waals surface area contributed by atoms with Crippen LogP contribution in [0.3, 0.4) is 0 Å². The fraction of sp³-hybridized carbons (Fsp3) is 0.455. The molecule has 0 saturated carbocycles. The third kappa shape index (κ3) is 5.12. The Bertz CT molecular complexity index is 321. The summed E-state index contributed by atoms with van der Waals surface area (Å²) in [5.74, 6) is 0.0906. The van der Waals surface area contributed by atoms with E-state index in [1.807, 2.05) is 19.1 Å². The molecule has 0 aliphatic heterocycles. The fourth-order valence-electron chi connectivity index (χ4n) is 1.18. The van der Waals surface area contributed by atoms with E-state index in [0.717, 1.165) is 5.56 Å². The molecule has 5 heteroatoms. The zero-order valence-electron chi connectivity index (χ0n) is 8.72. The van der Waals surface area contributed by atoms with Crippen LogP contribution in [-0.2, 0) is 0 Å². The molecule has 1 rings (SSSR count). The standard InChI is InChI=1S/C11H12ClF3S/c1-8(16-7-6-11(13,14)15)9-2-4-10(12)5-3-9/h2-5,8H,6-7H2,1H3. The molecule has 0 heterocycles. The molecule has 1 atom stereocenters. The summed E-state index contributed by atoms with van der Waals surface area (Å²) in [5, 5.41) is 0.691. The van der Waals surface area contributed by atoms with Crippen molar-refractivity contribution >= 4 is 23.4 Å². The van der Waals surface area contributed by atoms with Gasteiger partial charge < -0.3 is 0 Å². The maximum absolute atomic E-state index is 11.9. The largest absolute Gasteiger partial charge is 0.389 e. The van der Waals surface area contributed by atoms with Crippen molar-refractivity contribution in [2.75, 3.05) is 5.75 Å². The molecule has 1 aromatic carbocycles.